The molecule has 0 spiro atoms. The van der Waals surface area contributed by atoms with E-state index in [1.807, 2.05) is 39.2 Å². The van der Waals surface area contributed by atoms with Crippen LogP contribution in [0.5, 0.6) is 0 Å². The lowest BCUT2D eigenvalue weighted by Gasteiger charge is -2.19. The van der Waals surface area contributed by atoms with E-state index in [2.05, 4.69) is 33.7 Å². The molecule has 3 rings (SSSR count). The molecule has 1 N–H and O–H groups in total. The van der Waals surface area contributed by atoms with Gasteiger partial charge in [-0.3, -0.25) is 14.2 Å². The summed E-state index contributed by atoms with van der Waals surface area (Å²) in [6, 6.07) is 11.1. The van der Waals surface area contributed by atoms with Crippen molar-refractivity contribution in [1.82, 2.24) is 19.7 Å². The molecule has 7 nitrogen and oxygen atoms in total. The standard InChI is InChI=1S/C24H28ClN5O2S/c1-6-29(7-2)23(32)19-11-10-18(13-20(19)25)26-22(31)14-33-24-28-27-17(5)30(24)21-12-15(3)8-9-16(21)4/h8-13H,6-7,14H2,1-5H3,(H,26,31). The number of carbonyl (C=O) groups is 2. The van der Waals surface area contributed by atoms with Gasteiger partial charge in [0, 0.05) is 18.8 Å². The molecule has 9 heteroatoms. The summed E-state index contributed by atoms with van der Waals surface area (Å²) in [5, 5.41) is 12.2. The Kier molecular flexibility index (Phi) is 8.15. The van der Waals surface area contributed by atoms with Crippen molar-refractivity contribution in [3.63, 3.8) is 0 Å². The molecule has 2 amide bonds. The van der Waals surface area contributed by atoms with Crippen LogP contribution >= 0.6 is 23.4 Å². The minimum absolute atomic E-state index is 0.125. The summed E-state index contributed by atoms with van der Waals surface area (Å²) in [5.41, 5.74) is 4.19. The monoisotopic (exact) mass is 485 g/mol. The molecule has 1 heterocycles. The molecule has 0 saturated heterocycles. The van der Waals surface area contributed by atoms with Gasteiger partial charge in [-0.05, 0) is 70.0 Å². The van der Waals surface area contributed by atoms with E-state index in [1.54, 1.807) is 23.1 Å². The lowest BCUT2D eigenvalue weighted by molar-refractivity contribution is -0.113. The van der Waals surface area contributed by atoms with Gasteiger partial charge in [-0.25, -0.2) is 0 Å². The third-order valence-electron chi connectivity index (χ3n) is 5.27. The smallest absolute Gasteiger partial charge is 0.255 e. The van der Waals surface area contributed by atoms with Crippen molar-refractivity contribution in [2.45, 2.75) is 39.8 Å². The van der Waals surface area contributed by atoms with E-state index in [0.29, 0.717) is 34.5 Å². The Morgan fingerprint density at radius 3 is 2.45 bits per heavy atom. The quantitative estimate of drug-likeness (QED) is 0.451. The Morgan fingerprint density at radius 2 is 1.79 bits per heavy atom. The zero-order valence-corrected chi connectivity index (χ0v) is 21.0. The van der Waals surface area contributed by atoms with Crippen LogP contribution in [0.3, 0.4) is 0 Å². The molecule has 0 bridgehead atoms. The van der Waals surface area contributed by atoms with Crippen LogP contribution in [-0.4, -0.2) is 50.3 Å². The molecule has 0 aliphatic heterocycles. The Bertz CT molecular complexity index is 1170. The average molecular weight is 486 g/mol. The lowest BCUT2D eigenvalue weighted by Crippen LogP contribution is -2.30. The van der Waals surface area contributed by atoms with Gasteiger partial charge in [0.2, 0.25) is 5.91 Å². The second-order valence-corrected chi connectivity index (χ2v) is 9.01. The molecule has 0 aliphatic rings. The maximum Gasteiger partial charge on any atom is 0.255 e. The molecule has 174 valence electrons. The molecule has 0 saturated carbocycles. The number of halogens is 1. The van der Waals surface area contributed by atoms with Crippen LogP contribution in [0.2, 0.25) is 5.02 Å². The fraction of sp³-hybridized carbons (Fsp3) is 0.333. The van der Waals surface area contributed by atoms with E-state index >= 15 is 0 Å². The topological polar surface area (TPSA) is 80.1 Å². The molecule has 2 aromatic carbocycles. The van der Waals surface area contributed by atoms with Crippen LogP contribution in [0, 0.1) is 20.8 Å². The maximum atomic E-state index is 12.6. The first-order valence-electron chi connectivity index (χ1n) is 10.8. The highest BCUT2D eigenvalue weighted by Crippen LogP contribution is 2.26. The highest BCUT2D eigenvalue weighted by molar-refractivity contribution is 7.99. The van der Waals surface area contributed by atoms with Gasteiger partial charge in [0.05, 0.1) is 22.0 Å². The van der Waals surface area contributed by atoms with Crippen molar-refractivity contribution in [2.75, 3.05) is 24.2 Å². The van der Waals surface area contributed by atoms with Crippen molar-refractivity contribution in [1.29, 1.82) is 0 Å². The van der Waals surface area contributed by atoms with Crippen LogP contribution < -0.4 is 5.32 Å². The molecule has 0 radical (unpaired) electrons. The molecule has 0 aliphatic carbocycles. The molecule has 0 fully saturated rings. The largest absolute Gasteiger partial charge is 0.339 e. The van der Waals surface area contributed by atoms with Crippen molar-refractivity contribution in [3.8, 4) is 5.69 Å². The molecular formula is C24H28ClN5O2S. The summed E-state index contributed by atoms with van der Waals surface area (Å²) < 4.78 is 1.96. The molecule has 0 atom stereocenters. The van der Waals surface area contributed by atoms with Gasteiger partial charge in [0.25, 0.3) is 5.91 Å². The number of hydrogen-bond acceptors (Lipinski definition) is 5. The molecule has 1 aromatic heterocycles. The Morgan fingerprint density at radius 1 is 1.06 bits per heavy atom. The summed E-state index contributed by atoms with van der Waals surface area (Å²) >= 11 is 7.64. The number of nitrogens with zero attached hydrogens (tertiary/aromatic N) is 4. The minimum Gasteiger partial charge on any atom is -0.339 e. The van der Waals surface area contributed by atoms with Crippen molar-refractivity contribution in [2.24, 2.45) is 0 Å². The summed E-state index contributed by atoms with van der Waals surface area (Å²) in [7, 11) is 0. The minimum atomic E-state index is -0.202. The number of anilines is 1. The molecule has 0 unspecified atom stereocenters. The highest BCUT2D eigenvalue weighted by Gasteiger charge is 2.18. The first kappa shape index (κ1) is 24.8. The lowest BCUT2D eigenvalue weighted by atomic mass is 10.1. The van der Waals surface area contributed by atoms with Crippen molar-refractivity contribution in [3.05, 3.63) is 63.9 Å². The van der Waals surface area contributed by atoms with Gasteiger partial charge >= 0.3 is 0 Å². The van der Waals surface area contributed by atoms with E-state index in [1.165, 1.54) is 11.8 Å². The van der Waals surface area contributed by atoms with E-state index in [9.17, 15) is 9.59 Å². The van der Waals surface area contributed by atoms with Gasteiger partial charge < -0.3 is 10.2 Å². The fourth-order valence-electron chi connectivity index (χ4n) is 3.45. The Balaban J connectivity index is 1.69. The van der Waals surface area contributed by atoms with Crippen molar-refractivity contribution < 1.29 is 9.59 Å². The number of hydrogen-bond donors (Lipinski definition) is 1. The highest BCUT2D eigenvalue weighted by atomic mass is 35.5. The zero-order valence-electron chi connectivity index (χ0n) is 19.5. The van der Waals surface area contributed by atoms with Gasteiger partial charge in [-0.15, -0.1) is 10.2 Å². The molecule has 3 aromatic rings. The second-order valence-electron chi connectivity index (χ2n) is 7.66. The second kappa shape index (κ2) is 10.9. The fourth-order valence-corrected chi connectivity index (χ4v) is 4.50. The maximum absolute atomic E-state index is 12.6. The van der Waals surface area contributed by atoms with Crippen LogP contribution in [0.25, 0.3) is 5.69 Å². The number of aryl methyl sites for hydroxylation is 3. The number of benzene rings is 2. The SMILES string of the molecule is CCN(CC)C(=O)c1ccc(NC(=O)CSc2nnc(C)n2-c2cc(C)ccc2C)cc1Cl. The summed E-state index contributed by atoms with van der Waals surface area (Å²) in [5.74, 6) is 0.583. The Hall–Kier alpha value is -2.84. The van der Waals surface area contributed by atoms with Crippen LogP contribution in [0.1, 0.15) is 41.2 Å². The first-order valence-corrected chi connectivity index (χ1v) is 12.1. The summed E-state index contributed by atoms with van der Waals surface area (Å²) in [4.78, 5) is 26.8. The number of amides is 2. The number of carbonyl (C=O) groups excluding carboxylic acids is 2. The summed E-state index contributed by atoms with van der Waals surface area (Å²) in [6.45, 7) is 11.0. The van der Waals surface area contributed by atoms with Gasteiger partial charge in [-0.1, -0.05) is 35.5 Å². The third-order valence-corrected chi connectivity index (χ3v) is 6.51. The number of nitrogens with one attached hydrogen (secondary N) is 1. The molecular weight excluding hydrogens is 458 g/mol. The predicted molar refractivity (Wildman–Crippen MR) is 134 cm³/mol. The normalized spacial score (nSPS) is 10.8. The van der Waals surface area contributed by atoms with E-state index in [-0.39, 0.29) is 17.6 Å². The van der Waals surface area contributed by atoms with Crippen LogP contribution in [0.4, 0.5) is 5.69 Å². The average Bonchev–Trinajstić information content (AvgIpc) is 3.15. The molecule has 33 heavy (non-hydrogen) atoms. The third kappa shape index (κ3) is 5.75. The predicted octanol–water partition coefficient (Wildman–Crippen LogP) is 5.06. The van der Waals surface area contributed by atoms with Gasteiger partial charge in [0.1, 0.15) is 5.82 Å². The van der Waals surface area contributed by atoms with Gasteiger partial charge in [0.15, 0.2) is 5.16 Å². The zero-order chi connectivity index (χ0) is 24.1. The van der Waals surface area contributed by atoms with E-state index in [4.69, 9.17) is 11.6 Å². The van der Waals surface area contributed by atoms with Gasteiger partial charge in [-0.2, -0.15) is 0 Å². The van der Waals surface area contributed by atoms with Crippen LogP contribution in [0.15, 0.2) is 41.6 Å². The Labute approximate surface area is 203 Å². The summed E-state index contributed by atoms with van der Waals surface area (Å²) in [6.07, 6.45) is 0. The number of aromatic nitrogens is 3. The van der Waals surface area contributed by atoms with E-state index < -0.39 is 0 Å². The van der Waals surface area contributed by atoms with E-state index in [0.717, 1.165) is 22.6 Å². The first-order chi connectivity index (χ1) is 15.7. The number of rotatable bonds is 8. The van der Waals surface area contributed by atoms with Crippen LogP contribution in [-0.2, 0) is 4.79 Å². The number of thioether (sulfide) groups is 1. The van der Waals surface area contributed by atoms with Crippen molar-refractivity contribution >= 4 is 40.9 Å².